The fourth-order valence-electron chi connectivity index (χ4n) is 6.52. The lowest BCUT2D eigenvalue weighted by molar-refractivity contribution is -0.120. The predicted molar refractivity (Wildman–Crippen MR) is 173 cm³/mol. The molecule has 3 aromatic rings. The number of carbonyl (C=O) groups is 2. The number of urea groups is 1. The van der Waals surface area contributed by atoms with E-state index in [1.165, 1.54) is 33.0 Å². The maximum Gasteiger partial charge on any atom is 0.329 e. The predicted octanol–water partition coefficient (Wildman–Crippen LogP) is 2.62. The first kappa shape index (κ1) is 31.7. The van der Waals surface area contributed by atoms with Crippen molar-refractivity contribution in [1.29, 1.82) is 5.26 Å². The Labute approximate surface area is 269 Å². The highest BCUT2D eigenvalue weighted by molar-refractivity contribution is 7.89. The molecule has 0 saturated carbocycles. The Kier molecular flexibility index (Phi) is 8.86. The molecule has 3 fully saturated rings. The second-order valence-corrected chi connectivity index (χ2v) is 14.2. The molecule has 3 aliphatic heterocycles. The molecule has 3 N–H and O–H groups in total. The van der Waals surface area contributed by atoms with Crippen molar-refractivity contribution in [1.82, 2.24) is 24.3 Å². The molecule has 0 radical (unpaired) electrons. The quantitative estimate of drug-likeness (QED) is 0.402. The van der Waals surface area contributed by atoms with Gasteiger partial charge < -0.3 is 5.73 Å². The Morgan fingerprint density at radius 2 is 1.74 bits per heavy atom. The summed E-state index contributed by atoms with van der Waals surface area (Å²) < 4.78 is 29.8. The van der Waals surface area contributed by atoms with Crippen LogP contribution in [0.15, 0.2) is 41.3 Å². The molecular formula is C33H38N8O4S. The van der Waals surface area contributed by atoms with Gasteiger partial charge in [-0.1, -0.05) is 17.9 Å². The first-order chi connectivity index (χ1) is 22.0. The van der Waals surface area contributed by atoms with Crippen LogP contribution in [-0.4, -0.2) is 84.1 Å². The third kappa shape index (κ3) is 6.24. The van der Waals surface area contributed by atoms with Crippen LogP contribution in [0.3, 0.4) is 0 Å². The third-order valence-corrected chi connectivity index (χ3v) is 11.3. The van der Waals surface area contributed by atoms with E-state index in [1.54, 1.807) is 4.68 Å². The van der Waals surface area contributed by atoms with Crippen LogP contribution in [-0.2, 0) is 21.9 Å². The van der Waals surface area contributed by atoms with Crippen molar-refractivity contribution < 1.29 is 18.0 Å². The number of carbonyl (C=O) groups excluding carboxylic acids is 2. The number of piperidine rings is 2. The van der Waals surface area contributed by atoms with E-state index in [9.17, 15) is 23.3 Å². The smallest absolute Gasteiger partial charge is 0.328 e. The number of likely N-dealkylation sites (tertiary alicyclic amines) is 1. The van der Waals surface area contributed by atoms with Crippen molar-refractivity contribution in [3.8, 4) is 17.9 Å². The number of aryl methyl sites for hydroxylation is 1. The van der Waals surface area contributed by atoms with E-state index in [4.69, 9.17) is 5.73 Å². The van der Waals surface area contributed by atoms with Gasteiger partial charge in [0.25, 0.3) is 0 Å². The minimum atomic E-state index is -3.70. The minimum absolute atomic E-state index is 0.0172. The summed E-state index contributed by atoms with van der Waals surface area (Å²) in [5, 5.41) is 17.5. The number of anilines is 1. The van der Waals surface area contributed by atoms with Crippen molar-refractivity contribution in [2.24, 2.45) is 12.8 Å². The van der Waals surface area contributed by atoms with Gasteiger partial charge >= 0.3 is 6.03 Å². The molecule has 6 rings (SSSR count). The number of fused-ring (bicyclic) bond motifs is 1. The molecule has 0 spiro atoms. The van der Waals surface area contributed by atoms with Gasteiger partial charge in [0.2, 0.25) is 15.9 Å². The maximum absolute atomic E-state index is 13.3. The Bertz CT molecular complexity index is 1890. The highest BCUT2D eigenvalue weighted by atomic mass is 32.2. The van der Waals surface area contributed by atoms with Gasteiger partial charge in [-0.05, 0) is 87.5 Å². The topological polar surface area (TPSA) is 158 Å². The first-order valence-corrected chi connectivity index (χ1v) is 17.1. The van der Waals surface area contributed by atoms with Gasteiger partial charge in [-0.3, -0.25) is 24.6 Å². The zero-order chi connectivity index (χ0) is 32.6. The van der Waals surface area contributed by atoms with Crippen LogP contribution in [0.4, 0.5) is 10.6 Å². The molecule has 0 aliphatic carbocycles. The van der Waals surface area contributed by atoms with Gasteiger partial charge in [-0.25, -0.2) is 13.2 Å². The van der Waals surface area contributed by atoms with E-state index in [2.05, 4.69) is 45.4 Å². The molecule has 4 heterocycles. The minimum Gasteiger partial charge on any atom is -0.328 e. The van der Waals surface area contributed by atoms with Gasteiger partial charge in [0, 0.05) is 50.1 Å². The molecule has 46 heavy (non-hydrogen) atoms. The number of nitriles is 1. The number of aromatic nitrogens is 2. The largest absolute Gasteiger partial charge is 0.329 e. The Morgan fingerprint density at radius 3 is 2.43 bits per heavy atom. The van der Waals surface area contributed by atoms with Crippen molar-refractivity contribution >= 4 is 38.7 Å². The molecule has 1 unspecified atom stereocenters. The van der Waals surface area contributed by atoms with Gasteiger partial charge in [-0.15, -0.1) is 0 Å². The summed E-state index contributed by atoms with van der Waals surface area (Å²) in [4.78, 5) is 28.0. The van der Waals surface area contributed by atoms with Gasteiger partial charge in [-0.2, -0.15) is 14.7 Å². The number of imide groups is 1. The second kappa shape index (κ2) is 12.9. The van der Waals surface area contributed by atoms with Crippen molar-refractivity contribution in [3.63, 3.8) is 0 Å². The zero-order valence-electron chi connectivity index (χ0n) is 26.1. The number of nitrogens with zero attached hydrogens (tertiary/aromatic N) is 6. The zero-order valence-corrected chi connectivity index (χ0v) is 26.9. The fourth-order valence-corrected chi connectivity index (χ4v) is 8.01. The summed E-state index contributed by atoms with van der Waals surface area (Å²) in [6.07, 6.45) is 3.37. The third-order valence-electron chi connectivity index (χ3n) is 9.38. The summed E-state index contributed by atoms with van der Waals surface area (Å²) in [7, 11) is -1.84. The second-order valence-electron chi connectivity index (χ2n) is 12.3. The Hall–Kier alpha value is -4.27. The molecule has 12 nitrogen and oxygen atoms in total. The van der Waals surface area contributed by atoms with Crippen molar-refractivity contribution in [2.75, 3.05) is 37.6 Å². The monoisotopic (exact) mass is 642 g/mol. The number of benzene rings is 2. The number of nitrogens with two attached hydrogens (primary N) is 1. The average Bonchev–Trinajstić information content (AvgIpc) is 3.38. The van der Waals surface area contributed by atoms with E-state index in [1.807, 2.05) is 20.0 Å². The van der Waals surface area contributed by atoms with E-state index < -0.39 is 16.1 Å². The van der Waals surface area contributed by atoms with E-state index in [-0.39, 0.29) is 29.3 Å². The summed E-state index contributed by atoms with van der Waals surface area (Å²) >= 11 is 0. The number of hydrogen-bond acceptors (Lipinski definition) is 8. The van der Waals surface area contributed by atoms with E-state index >= 15 is 0 Å². The molecule has 2 aromatic carbocycles. The lowest BCUT2D eigenvalue weighted by Gasteiger charge is -2.34. The normalized spacial score (nSPS) is 19.8. The van der Waals surface area contributed by atoms with Crippen molar-refractivity contribution in [2.45, 2.75) is 61.9 Å². The summed E-state index contributed by atoms with van der Waals surface area (Å²) in [5.41, 5.74) is 8.87. The van der Waals surface area contributed by atoms with Crippen molar-refractivity contribution in [3.05, 3.63) is 53.1 Å². The Morgan fingerprint density at radius 1 is 1.00 bits per heavy atom. The van der Waals surface area contributed by atoms with Gasteiger partial charge in [0.15, 0.2) is 5.82 Å². The van der Waals surface area contributed by atoms with Gasteiger partial charge in [0.05, 0.1) is 22.0 Å². The van der Waals surface area contributed by atoms with E-state index in [0.717, 1.165) is 36.8 Å². The molecular weight excluding hydrogens is 604 g/mol. The van der Waals surface area contributed by atoms with Crippen LogP contribution in [0, 0.1) is 23.2 Å². The molecule has 3 amide bonds. The number of nitrogens with one attached hydrogen (secondary N) is 1. The van der Waals surface area contributed by atoms with E-state index in [0.29, 0.717) is 55.3 Å². The van der Waals surface area contributed by atoms with Crippen LogP contribution in [0.2, 0.25) is 0 Å². The molecule has 3 saturated heterocycles. The molecule has 1 atom stereocenters. The molecule has 0 bridgehead atoms. The summed E-state index contributed by atoms with van der Waals surface area (Å²) in [6, 6.07) is 12.4. The fraction of sp³-hybridized carbons (Fsp3) is 0.455. The SMILES string of the molecule is CC(C#Cc1cc(S(=O)(=O)N2CCC(N)CC2)ccc1C#N)N1CCC(c2ccc3c(N4CCC(=O)NC4=O)nn(C)c3c2)CC1. The van der Waals surface area contributed by atoms with Crippen LogP contribution >= 0.6 is 0 Å². The highest BCUT2D eigenvalue weighted by Gasteiger charge is 2.30. The molecule has 3 aliphatic rings. The Balaban J connectivity index is 1.12. The summed E-state index contributed by atoms with van der Waals surface area (Å²) in [5.74, 6) is 7.00. The number of amides is 3. The first-order valence-electron chi connectivity index (χ1n) is 15.7. The van der Waals surface area contributed by atoms with Gasteiger partial charge in [0.1, 0.15) is 6.07 Å². The van der Waals surface area contributed by atoms with Crippen LogP contribution < -0.4 is 16.0 Å². The summed E-state index contributed by atoms with van der Waals surface area (Å²) in [6.45, 7) is 4.78. The maximum atomic E-state index is 13.3. The molecule has 240 valence electrons. The van der Waals surface area contributed by atoms with Crippen LogP contribution in [0.25, 0.3) is 10.9 Å². The molecule has 1 aromatic heterocycles. The number of rotatable bonds is 5. The van der Waals surface area contributed by atoms with Crippen LogP contribution in [0.1, 0.15) is 61.6 Å². The number of sulfonamides is 1. The standard InChI is InChI=1S/C33H38N8O4S/c1-22(3-4-24-19-28(7-5-26(24)21-34)46(44,45)40-16-11-27(35)12-17-40)39-14-9-23(10-15-39)25-6-8-29-30(20-25)38(2)37-32(29)41-18-13-31(42)36-33(41)43/h5-8,19-20,22-23,27H,9-18,35H2,1-2H3,(H,36,42,43). The molecule has 13 heteroatoms. The highest BCUT2D eigenvalue weighted by Crippen LogP contribution is 2.34. The average molecular weight is 643 g/mol. The number of hydrogen-bond donors (Lipinski definition) is 2. The lowest BCUT2D eigenvalue weighted by Crippen LogP contribution is -2.49. The lowest BCUT2D eigenvalue weighted by atomic mass is 9.88. The van der Waals surface area contributed by atoms with Crippen LogP contribution in [0.5, 0.6) is 0 Å².